The number of hydrogen-bond acceptors (Lipinski definition) is 4. The van der Waals surface area contributed by atoms with Gasteiger partial charge in [0, 0.05) is 16.8 Å². The van der Waals surface area contributed by atoms with Crippen molar-refractivity contribution in [3.8, 4) is 17.2 Å². The maximum absolute atomic E-state index is 12.6. The third-order valence-electron chi connectivity index (χ3n) is 4.44. The Morgan fingerprint density at radius 3 is 2.67 bits per heavy atom. The van der Waals surface area contributed by atoms with Crippen LogP contribution < -0.4 is 10.1 Å². The zero-order chi connectivity index (χ0) is 18.8. The fourth-order valence-electron chi connectivity index (χ4n) is 2.95. The first-order chi connectivity index (χ1) is 13.2. The Labute approximate surface area is 156 Å². The standard InChI is InChI=1S/C22H18N2O3/c1-14-17(22-24-19-10-3-4-12-20(19)27-22)9-6-11-18(14)23-21(25)15-7-5-8-16(13-15)26-2/h3-13H,1-2H3,(H,23,25). The van der Waals surface area contributed by atoms with Crippen molar-refractivity contribution < 1.29 is 13.9 Å². The highest BCUT2D eigenvalue weighted by atomic mass is 16.5. The number of hydrogen-bond donors (Lipinski definition) is 1. The minimum atomic E-state index is -0.202. The number of rotatable bonds is 4. The lowest BCUT2D eigenvalue weighted by Gasteiger charge is -2.11. The van der Waals surface area contributed by atoms with Crippen LogP contribution in [0.4, 0.5) is 5.69 Å². The van der Waals surface area contributed by atoms with E-state index in [0.29, 0.717) is 22.9 Å². The first kappa shape index (κ1) is 16.8. The van der Waals surface area contributed by atoms with Gasteiger partial charge in [-0.1, -0.05) is 24.3 Å². The lowest BCUT2D eigenvalue weighted by molar-refractivity contribution is 0.102. The van der Waals surface area contributed by atoms with Crippen molar-refractivity contribution >= 4 is 22.7 Å². The number of methoxy groups -OCH3 is 1. The van der Waals surface area contributed by atoms with Gasteiger partial charge in [0.2, 0.25) is 5.89 Å². The Bertz CT molecular complexity index is 1100. The molecule has 134 valence electrons. The molecule has 1 N–H and O–H groups in total. The predicted octanol–water partition coefficient (Wildman–Crippen LogP) is 5.06. The molecule has 5 nitrogen and oxygen atoms in total. The minimum Gasteiger partial charge on any atom is -0.497 e. The van der Waals surface area contributed by atoms with Gasteiger partial charge >= 0.3 is 0 Å². The van der Waals surface area contributed by atoms with Gasteiger partial charge in [0.1, 0.15) is 11.3 Å². The summed E-state index contributed by atoms with van der Waals surface area (Å²) in [6.45, 7) is 1.94. The predicted molar refractivity (Wildman–Crippen MR) is 105 cm³/mol. The van der Waals surface area contributed by atoms with E-state index < -0.39 is 0 Å². The summed E-state index contributed by atoms with van der Waals surface area (Å²) in [7, 11) is 1.57. The SMILES string of the molecule is COc1cccc(C(=O)Nc2cccc(-c3nc4ccccc4o3)c2C)c1. The van der Waals surface area contributed by atoms with E-state index in [1.54, 1.807) is 31.4 Å². The van der Waals surface area contributed by atoms with Crippen LogP contribution in [-0.4, -0.2) is 18.0 Å². The number of amides is 1. The summed E-state index contributed by atoms with van der Waals surface area (Å²) in [5, 5.41) is 2.96. The number of para-hydroxylation sites is 2. The van der Waals surface area contributed by atoms with Crippen LogP contribution in [0.5, 0.6) is 5.75 Å². The van der Waals surface area contributed by atoms with E-state index in [0.717, 1.165) is 22.2 Å². The fraction of sp³-hybridized carbons (Fsp3) is 0.0909. The Balaban J connectivity index is 1.66. The molecule has 0 unspecified atom stereocenters. The van der Waals surface area contributed by atoms with E-state index in [9.17, 15) is 4.79 Å². The minimum absolute atomic E-state index is 0.202. The highest BCUT2D eigenvalue weighted by Gasteiger charge is 2.15. The molecule has 27 heavy (non-hydrogen) atoms. The quantitative estimate of drug-likeness (QED) is 0.553. The van der Waals surface area contributed by atoms with Crippen molar-refractivity contribution in [3.63, 3.8) is 0 Å². The van der Waals surface area contributed by atoms with E-state index in [1.165, 1.54) is 0 Å². The average molecular weight is 358 g/mol. The maximum Gasteiger partial charge on any atom is 0.255 e. The normalized spacial score (nSPS) is 10.7. The molecular weight excluding hydrogens is 340 g/mol. The lowest BCUT2D eigenvalue weighted by Crippen LogP contribution is -2.13. The van der Waals surface area contributed by atoms with Crippen molar-refractivity contribution in [2.24, 2.45) is 0 Å². The van der Waals surface area contributed by atoms with Gasteiger partial charge in [-0.3, -0.25) is 4.79 Å². The van der Waals surface area contributed by atoms with Crippen LogP contribution in [0.1, 0.15) is 15.9 Å². The number of ether oxygens (including phenoxy) is 1. The third-order valence-corrected chi connectivity index (χ3v) is 4.44. The third kappa shape index (κ3) is 3.27. The average Bonchev–Trinajstić information content (AvgIpc) is 3.13. The van der Waals surface area contributed by atoms with Crippen LogP contribution >= 0.6 is 0 Å². The number of carbonyl (C=O) groups excluding carboxylic acids is 1. The number of anilines is 1. The molecule has 3 aromatic carbocycles. The topological polar surface area (TPSA) is 64.4 Å². The molecule has 0 bridgehead atoms. The molecule has 0 radical (unpaired) electrons. The number of benzene rings is 3. The second kappa shape index (κ2) is 6.96. The number of carbonyl (C=O) groups is 1. The number of oxazole rings is 1. The number of nitrogens with zero attached hydrogens (tertiary/aromatic N) is 1. The molecule has 5 heteroatoms. The zero-order valence-corrected chi connectivity index (χ0v) is 15.0. The van der Waals surface area contributed by atoms with E-state index in [1.807, 2.05) is 49.4 Å². The fourth-order valence-corrected chi connectivity index (χ4v) is 2.95. The Morgan fingerprint density at radius 2 is 1.85 bits per heavy atom. The molecular formula is C22H18N2O3. The second-order valence-corrected chi connectivity index (χ2v) is 6.15. The molecule has 4 aromatic rings. The molecule has 0 aliphatic carbocycles. The van der Waals surface area contributed by atoms with Gasteiger partial charge in [0.25, 0.3) is 5.91 Å². The Hall–Kier alpha value is -3.60. The smallest absolute Gasteiger partial charge is 0.255 e. The van der Waals surface area contributed by atoms with Crippen LogP contribution in [0, 0.1) is 6.92 Å². The molecule has 1 amide bonds. The highest BCUT2D eigenvalue weighted by Crippen LogP contribution is 2.30. The summed E-state index contributed by atoms with van der Waals surface area (Å²) >= 11 is 0. The highest BCUT2D eigenvalue weighted by molar-refractivity contribution is 6.05. The molecule has 0 saturated carbocycles. The Kier molecular flexibility index (Phi) is 4.34. The van der Waals surface area contributed by atoms with Gasteiger partial charge in [-0.25, -0.2) is 4.98 Å². The summed E-state index contributed by atoms with van der Waals surface area (Å²) in [6.07, 6.45) is 0. The molecule has 0 aliphatic heterocycles. The van der Waals surface area contributed by atoms with Gasteiger partial charge in [-0.15, -0.1) is 0 Å². The van der Waals surface area contributed by atoms with E-state index >= 15 is 0 Å². The van der Waals surface area contributed by atoms with Crippen LogP contribution in [-0.2, 0) is 0 Å². The van der Waals surface area contributed by atoms with Crippen LogP contribution in [0.3, 0.4) is 0 Å². The zero-order valence-electron chi connectivity index (χ0n) is 15.0. The van der Waals surface area contributed by atoms with Gasteiger partial charge < -0.3 is 14.5 Å². The van der Waals surface area contributed by atoms with Crippen molar-refractivity contribution in [3.05, 3.63) is 77.9 Å². The van der Waals surface area contributed by atoms with E-state index in [4.69, 9.17) is 9.15 Å². The maximum atomic E-state index is 12.6. The largest absolute Gasteiger partial charge is 0.497 e. The van der Waals surface area contributed by atoms with E-state index in [-0.39, 0.29) is 5.91 Å². The van der Waals surface area contributed by atoms with Gasteiger partial charge in [0.15, 0.2) is 5.58 Å². The van der Waals surface area contributed by atoms with Crippen molar-refractivity contribution in [2.75, 3.05) is 12.4 Å². The molecule has 1 heterocycles. The summed E-state index contributed by atoms with van der Waals surface area (Å²) in [5.74, 6) is 0.970. The molecule has 1 aromatic heterocycles. The number of fused-ring (bicyclic) bond motifs is 1. The summed E-state index contributed by atoms with van der Waals surface area (Å²) < 4.78 is 11.1. The van der Waals surface area contributed by atoms with Crippen LogP contribution in [0.15, 0.2) is 71.1 Å². The molecule has 0 aliphatic rings. The molecule has 0 saturated heterocycles. The van der Waals surface area contributed by atoms with Gasteiger partial charge in [0.05, 0.1) is 7.11 Å². The van der Waals surface area contributed by atoms with Crippen molar-refractivity contribution in [1.29, 1.82) is 0 Å². The first-order valence-electron chi connectivity index (χ1n) is 8.56. The van der Waals surface area contributed by atoms with Gasteiger partial charge in [-0.2, -0.15) is 0 Å². The Morgan fingerprint density at radius 1 is 1.04 bits per heavy atom. The molecule has 0 spiro atoms. The van der Waals surface area contributed by atoms with Crippen molar-refractivity contribution in [2.45, 2.75) is 6.92 Å². The first-order valence-corrected chi connectivity index (χ1v) is 8.56. The molecule has 4 rings (SSSR count). The molecule has 0 fully saturated rings. The van der Waals surface area contributed by atoms with Gasteiger partial charge in [-0.05, 0) is 55.0 Å². The second-order valence-electron chi connectivity index (χ2n) is 6.15. The lowest BCUT2D eigenvalue weighted by atomic mass is 10.1. The van der Waals surface area contributed by atoms with Crippen LogP contribution in [0.25, 0.3) is 22.6 Å². The summed E-state index contributed by atoms with van der Waals surface area (Å²) in [4.78, 5) is 17.2. The summed E-state index contributed by atoms with van der Waals surface area (Å²) in [5.41, 5.74) is 4.51. The number of nitrogens with one attached hydrogen (secondary N) is 1. The number of aromatic nitrogens is 1. The molecule has 0 atom stereocenters. The van der Waals surface area contributed by atoms with E-state index in [2.05, 4.69) is 10.3 Å². The summed E-state index contributed by atoms with van der Waals surface area (Å²) in [6, 6.07) is 20.3. The van der Waals surface area contributed by atoms with Crippen LogP contribution in [0.2, 0.25) is 0 Å². The van der Waals surface area contributed by atoms with Crippen molar-refractivity contribution in [1.82, 2.24) is 4.98 Å². The monoisotopic (exact) mass is 358 g/mol.